The summed E-state index contributed by atoms with van der Waals surface area (Å²) < 4.78 is 2.34. The molecule has 2 aromatic rings. The Labute approximate surface area is 126 Å². The number of likely N-dealkylation sites (N-methyl/N-ethyl adjacent to an activating group) is 1. The average molecular weight is 286 g/mol. The van der Waals surface area contributed by atoms with Crippen LogP contribution in [0.15, 0.2) is 0 Å². The van der Waals surface area contributed by atoms with Crippen LogP contribution in [0.2, 0.25) is 0 Å². The molecule has 4 heteroatoms. The maximum Gasteiger partial charge on any atom is 0.142 e. The van der Waals surface area contributed by atoms with E-state index in [1.165, 1.54) is 40.7 Å². The molecule has 0 unspecified atom stereocenters. The molecule has 0 spiro atoms. The van der Waals surface area contributed by atoms with E-state index < -0.39 is 0 Å². The predicted molar refractivity (Wildman–Crippen MR) is 88.8 cm³/mol. The number of fused-ring (bicyclic) bond motifs is 2. The Bertz CT molecular complexity index is 682. The minimum atomic E-state index is 0.967. The van der Waals surface area contributed by atoms with Crippen molar-refractivity contribution in [2.45, 2.75) is 46.1 Å². The summed E-state index contributed by atoms with van der Waals surface area (Å²) in [5.74, 6) is 0. The van der Waals surface area contributed by atoms with Crippen molar-refractivity contribution in [3.05, 3.63) is 22.5 Å². The minimum absolute atomic E-state index is 0.967. The van der Waals surface area contributed by atoms with E-state index in [9.17, 15) is 0 Å². The number of pyridine rings is 1. The van der Waals surface area contributed by atoms with E-state index in [1.54, 1.807) is 0 Å². The molecule has 0 amide bonds. The SMILES string of the molecule is Cc1c(C)n(CCN(C)C)c2nc3c(c(N)c12)CCCC3. The summed E-state index contributed by atoms with van der Waals surface area (Å²) in [7, 11) is 4.22. The van der Waals surface area contributed by atoms with Crippen LogP contribution in [0.3, 0.4) is 0 Å². The Morgan fingerprint density at radius 3 is 2.62 bits per heavy atom. The van der Waals surface area contributed by atoms with Crippen LogP contribution in [0.1, 0.15) is 35.4 Å². The molecule has 0 saturated carbocycles. The highest BCUT2D eigenvalue weighted by Gasteiger charge is 2.21. The first kappa shape index (κ1) is 14.4. The Balaban J connectivity index is 2.20. The summed E-state index contributed by atoms with van der Waals surface area (Å²) in [6, 6.07) is 0. The van der Waals surface area contributed by atoms with E-state index in [1.807, 2.05) is 0 Å². The molecule has 0 radical (unpaired) electrons. The van der Waals surface area contributed by atoms with Gasteiger partial charge in [-0.05, 0) is 64.8 Å². The summed E-state index contributed by atoms with van der Waals surface area (Å²) in [4.78, 5) is 7.21. The van der Waals surface area contributed by atoms with E-state index in [4.69, 9.17) is 10.7 Å². The number of hydrogen-bond acceptors (Lipinski definition) is 3. The molecule has 0 atom stereocenters. The van der Waals surface area contributed by atoms with E-state index in [2.05, 4.69) is 37.4 Å². The highest BCUT2D eigenvalue weighted by Crippen LogP contribution is 2.35. The molecular weight excluding hydrogens is 260 g/mol. The maximum absolute atomic E-state index is 6.52. The molecule has 2 N–H and O–H groups in total. The lowest BCUT2D eigenvalue weighted by molar-refractivity contribution is 0.384. The molecule has 0 bridgehead atoms. The van der Waals surface area contributed by atoms with Gasteiger partial charge in [0.25, 0.3) is 0 Å². The fourth-order valence-electron chi connectivity index (χ4n) is 3.44. The lowest BCUT2D eigenvalue weighted by atomic mass is 9.93. The summed E-state index contributed by atoms with van der Waals surface area (Å²) in [6.45, 7) is 6.35. The number of aryl methyl sites for hydroxylation is 2. The van der Waals surface area contributed by atoms with Crippen molar-refractivity contribution in [3.8, 4) is 0 Å². The quantitative estimate of drug-likeness (QED) is 0.943. The molecule has 0 aromatic carbocycles. The van der Waals surface area contributed by atoms with Gasteiger partial charge in [-0.3, -0.25) is 0 Å². The number of rotatable bonds is 3. The smallest absolute Gasteiger partial charge is 0.142 e. The number of aromatic nitrogens is 2. The zero-order valence-corrected chi connectivity index (χ0v) is 13.7. The second-order valence-electron chi connectivity index (χ2n) is 6.52. The fourth-order valence-corrected chi connectivity index (χ4v) is 3.44. The van der Waals surface area contributed by atoms with Crippen LogP contribution in [-0.4, -0.2) is 35.1 Å². The van der Waals surface area contributed by atoms with Gasteiger partial charge in [-0.2, -0.15) is 0 Å². The summed E-state index contributed by atoms with van der Waals surface area (Å²) in [5, 5.41) is 1.19. The first-order valence-corrected chi connectivity index (χ1v) is 7.92. The molecule has 114 valence electrons. The zero-order chi connectivity index (χ0) is 15.1. The van der Waals surface area contributed by atoms with Gasteiger partial charge in [0, 0.05) is 35.6 Å². The third kappa shape index (κ3) is 2.31. The van der Waals surface area contributed by atoms with Crippen molar-refractivity contribution in [1.29, 1.82) is 0 Å². The number of nitrogens with two attached hydrogens (primary N) is 1. The second kappa shape index (κ2) is 5.34. The van der Waals surface area contributed by atoms with Crippen molar-refractivity contribution in [2.24, 2.45) is 0 Å². The standard InChI is InChI=1S/C17H26N4/c1-11-12(2)21(10-9-20(3)4)17-15(11)16(18)13-7-5-6-8-14(13)19-17/h5-10H2,1-4H3,(H2,18,19). The minimum Gasteiger partial charge on any atom is -0.398 e. The molecule has 0 aliphatic heterocycles. The van der Waals surface area contributed by atoms with E-state index in [0.717, 1.165) is 37.3 Å². The van der Waals surface area contributed by atoms with Gasteiger partial charge in [-0.1, -0.05) is 0 Å². The van der Waals surface area contributed by atoms with Crippen molar-refractivity contribution in [1.82, 2.24) is 14.5 Å². The van der Waals surface area contributed by atoms with Crippen molar-refractivity contribution >= 4 is 16.7 Å². The molecule has 2 heterocycles. The maximum atomic E-state index is 6.52. The lowest BCUT2D eigenvalue weighted by Gasteiger charge is -2.18. The van der Waals surface area contributed by atoms with Crippen LogP contribution < -0.4 is 5.73 Å². The van der Waals surface area contributed by atoms with E-state index in [-0.39, 0.29) is 0 Å². The number of nitrogens with zero attached hydrogens (tertiary/aromatic N) is 3. The largest absolute Gasteiger partial charge is 0.398 e. The van der Waals surface area contributed by atoms with Gasteiger partial charge < -0.3 is 15.2 Å². The molecule has 0 saturated heterocycles. The van der Waals surface area contributed by atoms with Crippen LogP contribution in [-0.2, 0) is 19.4 Å². The first-order valence-electron chi connectivity index (χ1n) is 7.92. The fraction of sp³-hybridized carbons (Fsp3) is 0.588. The monoisotopic (exact) mass is 286 g/mol. The van der Waals surface area contributed by atoms with Gasteiger partial charge in [0.2, 0.25) is 0 Å². The molecule has 4 nitrogen and oxygen atoms in total. The van der Waals surface area contributed by atoms with Crippen LogP contribution in [0.25, 0.3) is 11.0 Å². The third-order valence-electron chi connectivity index (χ3n) is 4.85. The van der Waals surface area contributed by atoms with Crippen LogP contribution in [0.5, 0.6) is 0 Å². The van der Waals surface area contributed by atoms with Crippen molar-refractivity contribution < 1.29 is 0 Å². The Morgan fingerprint density at radius 2 is 1.90 bits per heavy atom. The first-order chi connectivity index (χ1) is 10.0. The predicted octanol–water partition coefficient (Wildman–Crippen LogP) is 2.68. The lowest BCUT2D eigenvalue weighted by Crippen LogP contribution is -2.19. The molecule has 21 heavy (non-hydrogen) atoms. The normalized spacial score (nSPS) is 14.9. The van der Waals surface area contributed by atoms with Gasteiger partial charge >= 0.3 is 0 Å². The average Bonchev–Trinajstić information content (AvgIpc) is 2.69. The highest BCUT2D eigenvalue weighted by atomic mass is 15.1. The van der Waals surface area contributed by atoms with Gasteiger partial charge in [0.15, 0.2) is 0 Å². The third-order valence-corrected chi connectivity index (χ3v) is 4.85. The molecule has 2 aromatic heterocycles. The van der Waals surface area contributed by atoms with E-state index >= 15 is 0 Å². The van der Waals surface area contributed by atoms with E-state index in [0.29, 0.717) is 0 Å². The molecular formula is C17H26N4. The Kier molecular flexibility index (Phi) is 3.66. The zero-order valence-electron chi connectivity index (χ0n) is 13.7. The molecule has 0 fully saturated rings. The molecule has 1 aliphatic rings. The summed E-state index contributed by atoms with van der Waals surface area (Å²) in [5.41, 5.74) is 13.7. The highest BCUT2D eigenvalue weighted by molar-refractivity contribution is 5.95. The topological polar surface area (TPSA) is 47.1 Å². The number of anilines is 1. The second-order valence-corrected chi connectivity index (χ2v) is 6.52. The molecule has 1 aliphatic carbocycles. The Hall–Kier alpha value is -1.55. The summed E-state index contributed by atoms with van der Waals surface area (Å²) >= 11 is 0. The van der Waals surface area contributed by atoms with Gasteiger partial charge in [0.05, 0.1) is 0 Å². The van der Waals surface area contributed by atoms with Gasteiger partial charge in [0.1, 0.15) is 5.65 Å². The van der Waals surface area contributed by atoms with Crippen molar-refractivity contribution in [2.75, 3.05) is 26.4 Å². The van der Waals surface area contributed by atoms with Crippen LogP contribution >= 0.6 is 0 Å². The Morgan fingerprint density at radius 1 is 1.19 bits per heavy atom. The number of hydrogen-bond donors (Lipinski definition) is 1. The van der Waals surface area contributed by atoms with Gasteiger partial charge in [-0.25, -0.2) is 4.98 Å². The van der Waals surface area contributed by atoms with Crippen LogP contribution in [0.4, 0.5) is 5.69 Å². The molecule has 3 rings (SSSR count). The number of nitrogen functional groups attached to an aromatic ring is 1. The summed E-state index contributed by atoms with van der Waals surface area (Å²) in [6.07, 6.45) is 4.64. The van der Waals surface area contributed by atoms with Crippen LogP contribution in [0, 0.1) is 13.8 Å². The van der Waals surface area contributed by atoms with Crippen molar-refractivity contribution in [3.63, 3.8) is 0 Å². The van der Waals surface area contributed by atoms with Gasteiger partial charge in [-0.15, -0.1) is 0 Å².